The van der Waals surface area contributed by atoms with E-state index in [1.165, 1.54) is 18.7 Å². The van der Waals surface area contributed by atoms with Gasteiger partial charge in [-0.2, -0.15) is 4.98 Å². The first-order valence-corrected chi connectivity index (χ1v) is 12.2. The first-order chi connectivity index (χ1) is 16.5. The van der Waals surface area contributed by atoms with Crippen molar-refractivity contribution in [2.75, 3.05) is 10.7 Å². The standard InChI is InChI=1S/C25H21ClN4O3S/c1-3-14-34-25-27-23-22(28-29-25)18-6-4-5-7-19(18)30(15(2)31)24(33-23)21-13-12-20(32-21)16-8-10-17(26)11-9-16/h4-13,24H,3,14H2,1-2H3. The molecule has 0 bridgehead atoms. The van der Waals surface area contributed by atoms with Gasteiger partial charge in [-0.1, -0.05) is 48.5 Å². The van der Waals surface area contributed by atoms with Gasteiger partial charge in [0, 0.05) is 28.8 Å². The molecule has 0 fully saturated rings. The minimum Gasteiger partial charge on any atom is -0.455 e. The topological polar surface area (TPSA) is 81.3 Å². The number of carbonyl (C=O) groups excluding carboxylic acids is 1. The highest BCUT2D eigenvalue weighted by Gasteiger charge is 2.36. The van der Waals surface area contributed by atoms with Crippen LogP contribution in [0.1, 0.15) is 32.3 Å². The molecule has 0 saturated heterocycles. The summed E-state index contributed by atoms with van der Waals surface area (Å²) < 4.78 is 12.5. The molecule has 1 aliphatic heterocycles. The second-order valence-electron chi connectivity index (χ2n) is 7.68. The largest absolute Gasteiger partial charge is 0.455 e. The van der Waals surface area contributed by atoms with Crippen LogP contribution >= 0.6 is 23.4 Å². The van der Waals surface area contributed by atoms with Crippen LogP contribution in [0.5, 0.6) is 5.88 Å². The molecule has 1 atom stereocenters. The second kappa shape index (κ2) is 9.48. The Kier molecular flexibility index (Phi) is 6.26. The monoisotopic (exact) mass is 492 g/mol. The molecule has 4 aromatic rings. The van der Waals surface area contributed by atoms with Crippen molar-refractivity contribution < 1.29 is 13.9 Å². The summed E-state index contributed by atoms with van der Waals surface area (Å²) in [6, 6.07) is 18.5. The number of ether oxygens (including phenoxy) is 1. The number of aromatic nitrogens is 3. The first kappa shape index (κ1) is 22.4. The molecule has 0 saturated carbocycles. The Bertz CT molecular complexity index is 1340. The molecule has 0 radical (unpaired) electrons. The number of furan rings is 1. The zero-order valence-electron chi connectivity index (χ0n) is 18.6. The number of anilines is 1. The molecule has 3 heterocycles. The number of nitrogens with zero attached hydrogens (tertiary/aromatic N) is 4. The lowest BCUT2D eigenvalue weighted by atomic mass is 10.1. The van der Waals surface area contributed by atoms with Crippen LogP contribution < -0.4 is 9.64 Å². The molecule has 5 rings (SSSR count). The van der Waals surface area contributed by atoms with Gasteiger partial charge in [0.2, 0.25) is 23.2 Å². The number of rotatable bonds is 5. The molecule has 9 heteroatoms. The molecule has 172 valence electrons. The molecule has 2 aromatic carbocycles. The van der Waals surface area contributed by atoms with E-state index in [1.54, 1.807) is 23.1 Å². The maximum atomic E-state index is 12.9. The quantitative estimate of drug-likeness (QED) is 0.298. The number of amides is 1. The predicted octanol–water partition coefficient (Wildman–Crippen LogP) is 6.40. The van der Waals surface area contributed by atoms with Crippen molar-refractivity contribution in [3.63, 3.8) is 0 Å². The number of halogens is 1. The van der Waals surface area contributed by atoms with Gasteiger partial charge in [-0.05, 0) is 48.9 Å². The number of thioether (sulfide) groups is 1. The lowest BCUT2D eigenvalue weighted by Crippen LogP contribution is -2.35. The zero-order chi connectivity index (χ0) is 23.7. The Balaban J connectivity index is 1.62. The Morgan fingerprint density at radius 3 is 2.65 bits per heavy atom. The smallest absolute Gasteiger partial charge is 0.247 e. The molecule has 1 amide bonds. The van der Waals surface area contributed by atoms with E-state index in [2.05, 4.69) is 22.1 Å². The maximum absolute atomic E-state index is 12.9. The average Bonchev–Trinajstić information content (AvgIpc) is 3.28. The van der Waals surface area contributed by atoms with E-state index >= 15 is 0 Å². The fourth-order valence-electron chi connectivity index (χ4n) is 3.75. The first-order valence-electron chi connectivity index (χ1n) is 10.8. The SMILES string of the molecule is CCCSc1nnc2c(n1)OC(c1ccc(-c3ccc(Cl)cc3)o1)N(C(C)=O)c1ccccc1-2. The van der Waals surface area contributed by atoms with Gasteiger partial charge < -0.3 is 9.15 Å². The molecule has 7 nitrogen and oxygen atoms in total. The number of hydrogen-bond acceptors (Lipinski definition) is 7. The van der Waals surface area contributed by atoms with E-state index in [0.717, 1.165) is 17.7 Å². The van der Waals surface area contributed by atoms with Gasteiger partial charge in [0.05, 0.1) is 5.69 Å². The van der Waals surface area contributed by atoms with Crippen molar-refractivity contribution in [2.24, 2.45) is 0 Å². The number of para-hydroxylation sites is 1. The number of hydrogen-bond donors (Lipinski definition) is 0. The third-order valence-electron chi connectivity index (χ3n) is 5.29. The molecular formula is C25H21ClN4O3S. The highest BCUT2D eigenvalue weighted by Crippen LogP contribution is 2.44. The van der Waals surface area contributed by atoms with Crippen LogP contribution in [0, 0.1) is 0 Å². The number of benzene rings is 2. The van der Waals surface area contributed by atoms with Crippen molar-refractivity contribution >= 4 is 35.0 Å². The van der Waals surface area contributed by atoms with Crippen LogP contribution in [-0.2, 0) is 4.79 Å². The van der Waals surface area contributed by atoms with Crippen molar-refractivity contribution in [2.45, 2.75) is 31.7 Å². The van der Waals surface area contributed by atoms with Crippen LogP contribution in [0.2, 0.25) is 5.02 Å². The van der Waals surface area contributed by atoms with E-state index in [9.17, 15) is 4.79 Å². The summed E-state index contributed by atoms with van der Waals surface area (Å²) in [5.74, 6) is 2.06. The highest BCUT2D eigenvalue weighted by molar-refractivity contribution is 7.99. The third-order valence-corrected chi connectivity index (χ3v) is 6.58. The Labute approximate surface area is 206 Å². The molecule has 2 aromatic heterocycles. The van der Waals surface area contributed by atoms with Gasteiger partial charge in [0.15, 0.2) is 11.5 Å². The maximum Gasteiger partial charge on any atom is 0.247 e. The van der Waals surface area contributed by atoms with Crippen LogP contribution in [-0.4, -0.2) is 26.8 Å². The van der Waals surface area contributed by atoms with E-state index < -0.39 is 6.23 Å². The fraction of sp³-hybridized carbons (Fsp3) is 0.200. The van der Waals surface area contributed by atoms with Gasteiger partial charge in [-0.15, -0.1) is 10.2 Å². The molecule has 0 aliphatic carbocycles. The molecule has 34 heavy (non-hydrogen) atoms. The number of carbonyl (C=O) groups is 1. The van der Waals surface area contributed by atoms with Gasteiger partial charge >= 0.3 is 0 Å². The van der Waals surface area contributed by atoms with Crippen LogP contribution in [0.4, 0.5) is 5.69 Å². The van der Waals surface area contributed by atoms with Crippen molar-refractivity contribution in [3.8, 4) is 28.5 Å². The Hall–Kier alpha value is -3.36. The van der Waals surface area contributed by atoms with Crippen LogP contribution in [0.25, 0.3) is 22.6 Å². The van der Waals surface area contributed by atoms with Crippen molar-refractivity contribution in [3.05, 3.63) is 71.4 Å². The van der Waals surface area contributed by atoms with E-state index in [1.807, 2.05) is 42.5 Å². The van der Waals surface area contributed by atoms with Gasteiger partial charge in [0.25, 0.3) is 0 Å². The molecule has 0 spiro atoms. The summed E-state index contributed by atoms with van der Waals surface area (Å²) in [6.45, 7) is 3.58. The summed E-state index contributed by atoms with van der Waals surface area (Å²) in [5.41, 5.74) is 2.70. The third kappa shape index (κ3) is 4.26. The highest BCUT2D eigenvalue weighted by atomic mass is 35.5. The van der Waals surface area contributed by atoms with Crippen LogP contribution in [0.3, 0.4) is 0 Å². The minimum absolute atomic E-state index is 0.205. The van der Waals surface area contributed by atoms with E-state index in [4.69, 9.17) is 20.8 Å². The minimum atomic E-state index is -0.873. The van der Waals surface area contributed by atoms with Crippen molar-refractivity contribution in [1.82, 2.24) is 15.2 Å². The van der Waals surface area contributed by atoms with Crippen LogP contribution in [0.15, 0.2) is 70.2 Å². The normalized spacial score (nSPS) is 14.7. The zero-order valence-corrected chi connectivity index (χ0v) is 20.1. The predicted molar refractivity (Wildman–Crippen MR) is 132 cm³/mol. The summed E-state index contributed by atoms with van der Waals surface area (Å²) >= 11 is 7.53. The van der Waals surface area contributed by atoms with Gasteiger partial charge in [-0.25, -0.2) is 0 Å². The second-order valence-corrected chi connectivity index (χ2v) is 9.18. The van der Waals surface area contributed by atoms with Gasteiger partial charge in [0.1, 0.15) is 5.76 Å². The number of fused-ring (bicyclic) bond motifs is 3. The summed E-state index contributed by atoms with van der Waals surface area (Å²) in [7, 11) is 0. The molecule has 1 unspecified atom stereocenters. The Morgan fingerprint density at radius 2 is 1.88 bits per heavy atom. The fourth-order valence-corrected chi connectivity index (χ4v) is 4.51. The molecule has 0 N–H and O–H groups in total. The Morgan fingerprint density at radius 1 is 1.09 bits per heavy atom. The molecule has 1 aliphatic rings. The summed E-state index contributed by atoms with van der Waals surface area (Å²) in [5, 5.41) is 9.85. The lowest BCUT2D eigenvalue weighted by Gasteiger charge is -2.28. The summed E-state index contributed by atoms with van der Waals surface area (Å²) in [6.07, 6.45) is 0.108. The lowest BCUT2D eigenvalue weighted by molar-refractivity contribution is -0.118. The van der Waals surface area contributed by atoms with E-state index in [-0.39, 0.29) is 5.91 Å². The van der Waals surface area contributed by atoms with Crippen molar-refractivity contribution in [1.29, 1.82) is 0 Å². The summed E-state index contributed by atoms with van der Waals surface area (Å²) in [4.78, 5) is 19.1. The average molecular weight is 493 g/mol. The van der Waals surface area contributed by atoms with E-state index in [0.29, 0.717) is 44.5 Å². The molecular weight excluding hydrogens is 472 g/mol. The van der Waals surface area contributed by atoms with Gasteiger partial charge in [-0.3, -0.25) is 9.69 Å².